The predicted molar refractivity (Wildman–Crippen MR) is 100 cm³/mol. The van der Waals surface area contributed by atoms with Gasteiger partial charge in [-0.3, -0.25) is 4.72 Å². The van der Waals surface area contributed by atoms with E-state index in [1.54, 1.807) is 19.1 Å². The molecule has 2 rings (SSSR count). The Bertz CT molecular complexity index is 756. The van der Waals surface area contributed by atoms with E-state index in [1.807, 2.05) is 56.4 Å². The van der Waals surface area contributed by atoms with Gasteiger partial charge in [-0.1, -0.05) is 12.1 Å². The molecule has 0 fully saturated rings. The van der Waals surface area contributed by atoms with Crippen LogP contribution in [0.25, 0.3) is 0 Å². The molecule has 2 aromatic rings. The third kappa shape index (κ3) is 4.86. The van der Waals surface area contributed by atoms with Crippen LogP contribution in [0.2, 0.25) is 0 Å². The van der Waals surface area contributed by atoms with E-state index in [9.17, 15) is 8.42 Å². The number of benzene rings is 1. The number of pyridine rings is 1. The molecule has 0 saturated heterocycles. The monoisotopic (exact) mass is 348 g/mol. The average molecular weight is 348 g/mol. The first kappa shape index (κ1) is 18.1. The minimum Gasteiger partial charge on any atom is -0.376 e. The first-order valence-electron chi connectivity index (χ1n) is 7.81. The zero-order valence-corrected chi connectivity index (χ0v) is 15.3. The van der Waals surface area contributed by atoms with Crippen molar-refractivity contribution in [2.45, 2.75) is 19.9 Å². The molecule has 0 aliphatic rings. The fraction of sp³-hybridized carbons (Fsp3) is 0.353. The lowest BCUT2D eigenvalue weighted by atomic mass is 10.1. The largest absolute Gasteiger partial charge is 0.376 e. The Kier molecular flexibility index (Phi) is 5.66. The summed E-state index contributed by atoms with van der Waals surface area (Å²) in [4.78, 5) is 6.39. The molecule has 2 N–H and O–H groups in total. The molecule has 0 saturated carbocycles. The first-order valence-corrected chi connectivity index (χ1v) is 9.46. The van der Waals surface area contributed by atoms with Crippen molar-refractivity contribution < 1.29 is 8.42 Å². The zero-order chi connectivity index (χ0) is 17.7. The molecular weight excluding hydrogens is 324 g/mol. The van der Waals surface area contributed by atoms with E-state index in [4.69, 9.17) is 0 Å². The van der Waals surface area contributed by atoms with E-state index in [0.29, 0.717) is 5.69 Å². The molecule has 0 amide bonds. The lowest BCUT2D eigenvalue weighted by Crippen LogP contribution is -2.14. The van der Waals surface area contributed by atoms with Crippen LogP contribution in [0.4, 0.5) is 17.2 Å². The molecule has 0 radical (unpaired) electrons. The van der Waals surface area contributed by atoms with Crippen LogP contribution in [0.1, 0.15) is 25.5 Å². The van der Waals surface area contributed by atoms with Crippen LogP contribution >= 0.6 is 0 Å². The Labute approximate surface area is 144 Å². The van der Waals surface area contributed by atoms with Crippen LogP contribution in [-0.2, 0) is 10.0 Å². The minimum atomic E-state index is -3.24. The van der Waals surface area contributed by atoms with Crippen molar-refractivity contribution in [1.82, 2.24) is 4.98 Å². The molecule has 0 bridgehead atoms. The number of aromatic nitrogens is 1. The van der Waals surface area contributed by atoms with Gasteiger partial charge in [-0.15, -0.1) is 0 Å². The minimum absolute atomic E-state index is 0.0551. The topological polar surface area (TPSA) is 74.3 Å². The Balaban J connectivity index is 2.03. The quantitative estimate of drug-likeness (QED) is 0.804. The zero-order valence-electron chi connectivity index (χ0n) is 14.4. The lowest BCUT2D eigenvalue weighted by Gasteiger charge is -2.17. The normalized spacial score (nSPS) is 12.5. The first-order chi connectivity index (χ1) is 11.3. The van der Waals surface area contributed by atoms with E-state index in [1.165, 1.54) is 0 Å². The summed E-state index contributed by atoms with van der Waals surface area (Å²) in [5.41, 5.74) is 2.66. The maximum Gasteiger partial charge on any atom is 0.232 e. The highest BCUT2D eigenvalue weighted by Gasteiger charge is 2.09. The summed E-state index contributed by atoms with van der Waals surface area (Å²) in [5.74, 6) is 0.852. The number of hydrogen-bond donors (Lipinski definition) is 2. The molecule has 1 aromatic heterocycles. The second kappa shape index (κ2) is 7.53. The molecule has 0 spiro atoms. The summed E-state index contributed by atoms with van der Waals surface area (Å²) in [7, 11) is 0.702. The summed E-state index contributed by atoms with van der Waals surface area (Å²) in [6.45, 7) is 3.64. The fourth-order valence-electron chi connectivity index (χ4n) is 2.13. The van der Waals surface area contributed by atoms with Crippen LogP contribution in [0.15, 0.2) is 42.6 Å². The van der Waals surface area contributed by atoms with Crippen molar-refractivity contribution in [3.8, 4) is 0 Å². The summed E-state index contributed by atoms with van der Waals surface area (Å²) in [6.07, 6.45) is 1.82. The van der Waals surface area contributed by atoms with Crippen LogP contribution < -0.4 is 14.9 Å². The molecule has 0 aliphatic heterocycles. The van der Waals surface area contributed by atoms with E-state index >= 15 is 0 Å². The maximum absolute atomic E-state index is 11.6. The predicted octanol–water partition coefficient (Wildman–Crippen LogP) is 3.08. The van der Waals surface area contributed by atoms with Gasteiger partial charge in [0.1, 0.15) is 5.82 Å². The van der Waals surface area contributed by atoms with Crippen LogP contribution in [0.3, 0.4) is 0 Å². The highest BCUT2D eigenvalue weighted by atomic mass is 32.2. The van der Waals surface area contributed by atoms with Crippen molar-refractivity contribution >= 4 is 27.2 Å². The molecular formula is C17H24N4O2S. The summed E-state index contributed by atoms with van der Waals surface area (Å²) < 4.78 is 25.7. The second-order valence-corrected chi connectivity index (χ2v) is 7.80. The summed E-state index contributed by atoms with van der Waals surface area (Å²) in [6, 6.07) is 11.3. The fourth-order valence-corrected chi connectivity index (χ4v) is 2.77. The van der Waals surface area contributed by atoms with Crippen molar-refractivity contribution in [3.63, 3.8) is 0 Å². The molecule has 7 heteroatoms. The van der Waals surface area contributed by atoms with Gasteiger partial charge in [-0.25, -0.2) is 13.4 Å². The molecule has 1 heterocycles. The van der Waals surface area contributed by atoms with Gasteiger partial charge >= 0.3 is 0 Å². The van der Waals surface area contributed by atoms with Gasteiger partial charge in [0.05, 0.1) is 17.6 Å². The van der Waals surface area contributed by atoms with Gasteiger partial charge in [0.25, 0.3) is 0 Å². The number of sulfonamides is 1. The highest BCUT2D eigenvalue weighted by molar-refractivity contribution is 7.92. The Morgan fingerprint density at radius 3 is 2.29 bits per heavy atom. The molecule has 24 heavy (non-hydrogen) atoms. The van der Waals surface area contributed by atoms with Crippen LogP contribution in [0, 0.1) is 0 Å². The van der Waals surface area contributed by atoms with E-state index in [2.05, 4.69) is 15.0 Å². The van der Waals surface area contributed by atoms with Crippen LogP contribution in [-0.4, -0.2) is 33.2 Å². The van der Waals surface area contributed by atoms with E-state index in [0.717, 1.165) is 17.1 Å². The smallest absolute Gasteiger partial charge is 0.232 e. The average Bonchev–Trinajstić information content (AvgIpc) is 2.55. The number of anilines is 3. The molecule has 6 nitrogen and oxygen atoms in total. The highest BCUT2D eigenvalue weighted by Crippen LogP contribution is 2.21. The van der Waals surface area contributed by atoms with Gasteiger partial charge in [-0.05, 0) is 43.7 Å². The van der Waals surface area contributed by atoms with Gasteiger partial charge in [0.15, 0.2) is 0 Å². The lowest BCUT2D eigenvalue weighted by molar-refractivity contribution is 0.602. The Morgan fingerprint density at radius 1 is 1.12 bits per heavy atom. The number of nitrogens with one attached hydrogen (secondary N) is 2. The van der Waals surface area contributed by atoms with Crippen LogP contribution in [0.5, 0.6) is 0 Å². The second-order valence-electron chi connectivity index (χ2n) is 5.79. The summed E-state index contributed by atoms with van der Waals surface area (Å²) >= 11 is 0. The third-order valence-corrected chi connectivity index (χ3v) is 5.00. The maximum atomic E-state index is 11.6. The van der Waals surface area contributed by atoms with Gasteiger partial charge in [0.2, 0.25) is 10.0 Å². The number of rotatable bonds is 7. The number of nitrogens with zero attached hydrogens (tertiary/aromatic N) is 2. The van der Waals surface area contributed by atoms with E-state index < -0.39 is 10.0 Å². The van der Waals surface area contributed by atoms with Gasteiger partial charge < -0.3 is 10.2 Å². The number of hydrogen-bond acceptors (Lipinski definition) is 5. The molecule has 0 aliphatic carbocycles. The summed E-state index contributed by atoms with van der Waals surface area (Å²) in [5, 5.41) is 3.33. The molecule has 1 aromatic carbocycles. The van der Waals surface area contributed by atoms with Crippen molar-refractivity contribution in [1.29, 1.82) is 0 Å². The molecule has 0 unspecified atom stereocenters. The van der Waals surface area contributed by atoms with Crippen molar-refractivity contribution in [2.24, 2.45) is 0 Å². The van der Waals surface area contributed by atoms with Crippen molar-refractivity contribution in [3.05, 3.63) is 48.2 Å². The van der Waals surface area contributed by atoms with E-state index in [-0.39, 0.29) is 11.8 Å². The standard InChI is InChI=1S/C17H24N4O2S/c1-5-24(22,23)20-15-8-6-14(7-9-15)13(2)19-17-11-10-16(12-18-17)21(3)4/h6-13,20H,5H2,1-4H3,(H,18,19)/t13-/m0/s1. The third-order valence-electron chi connectivity index (χ3n) is 3.69. The van der Waals surface area contributed by atoms with Crippen molar-refractivity contribution in [2.75, 3.05) is 34.8 Å². The SMILES string of the molecule is CCS(=O)(=O)Nc1ccc([C@H](C)Nc2ccc(N(C)C)cn2)cc1. The molecule has 130 valence electrons. The Hall–Kier alpha value is -2.28. The van der Waals surface area contributed by atoms with Gasteiger partial charge in [-0.2, -0.15) is 0 Å². The van der Waals surface area contributed by atoms with Gasteiger partial charge in [0, 0.05) is 25.8 Å². The Morgan fingerprint density at radius 2 is 1.79 bits per heavy atom. The molecule has 1 atom stereocenters.